The van der Waals surface area contributed by atoms with Crippen LogP contribution in [-0.2, 0) is 9.53 Å². The second-order valence-electron chi connectivity index (χ2n) is 4.11. The minimum atomic E-state index is -0.901. The zero-order valence-corrected chi connectivity index (χ0v) is 11.4. The van der Waals surface area contributed by atoms with Crippen LogP contribution in [0.2, 0.25) is 0 Å². The molecule has 18 heavy (non-hydrogen) atoms. The summed E-state index contributed by atoms with van der Waals surface area (Å²) in [6.45, 7) is 1.92. The highest BCUT2D eigenvalue weighted by molar-refractivity contribution is 7.98. The lowest BCUT2D eigenvalue weighted by atomic mass is 10.2. The summed E-state index contributed by atoms with van der Waals surface area (Å²) < 4.78 is 5.31. The van der Waals surface area contributed by atoms with Gasteiger partial charge in [0.25, 0.3) is 0 Å². The van der Waals surface area contributed by atoms with Crippen LogP contribution in [0.15, 0.2) is 0 Å². The second-order valence-corrected chi connectivity index (χ2v) is 5.10. The predicted molar refractivity (Wildman–Crippen MR) is 70.0 cm³/mol. The number of aliphatic carboxylic acids is 1. The maximum absolute atomic E-state index is 11.8. The van der Waals surface area contributed by atoms with Crippen LogP contribution in [0.4, 0.5) is 4.79 Å². The quantitative estimate of drug-likeness (QED) is 0.695. The Labute approximate surface area is 111 Å². The zero-order valence-electron chi connectivity index (χ0n) is 10.6. The molecule has 104 valence electrons. The van der Waals surface area contributed by atoms with E-state index in [1.54, 1.807) is 16.7 Å². The molecule has 2 amide bonds. The van der Waals surface area contributed by atoms with Crippen LogP contribution >= 0.6 is 11.8 Å². The summed E-state index contributed by atoms with van der Waals surface area (Å²) in [5, 5.41) is 11.5. The summed E-state index contributed by atoms with van der Waals surface area (Å²) in [6.07, 6.45) is 2.51. The first-order valence-corrected chi connectivity index (χ1v) is 7.38. The van der Waals surface area contributed by atoms with Gasteiger partial charge in [-0.15, -0.1) is 0 Å². The third-order valence-electron chi connectivity index (χ3n) is 2.63. The topological polar surface area (TPSA) is 78.9 Å². The van der Waals surface area contributed by atoms with Crippen molar-refractivity contribution in [3.05, 3.63) is 0 Å². The summed E-state index contributed by atoms with van der Waals surface area (Å²) in [7, 11) is 0. The zero-order chi connectivity index (χ0) is 13.4. The number of urea groups is 1. The van der Waals surface area contributed by atoms with E-state index >= 15 is 0 Å². The van der Waals surface area contributed by atoms with Crippen molar-refractivity contribution in [2.75, 3.05) is 38.2 Å². The third kappa shape index (κ3) is 5.59. The lowest BCUT2D eigenvalue weighted by Crippen LogP contribution is -2.50. The van der Waals surface area contributed by atoms with Crippen molar-refractivity contribution >= 4 is 23.8 Å². The molecule has 1 heterocycles. The monoisotopic (exact) mass is 276 g/mol. The Morgan fingerprint density at radius 2 is 2.33 bits per heavy atom. The maximum atomic E-state index is 11.8. The van der Waals surface area contributed by atoms with Crippen molar-refractivity contribution in [3.63, 3.8) is 0 Å². The molecule has 1 fully saturated rings. The Morgan fingerprint density at radius 3 is 3.00 bits per heavy atom. The number of amides is 2. The van der Waals surface area contributed by atoms with E-state index < -0.39 is 12.1 Å². The Bertz CT molecular complexity index is 288. The number of thioether (sulfide) groups is 1. The molecule has 0 radical (unpaired) electrons. The Kier molecular flexibility index (Phi) is 6.89. The first kappa shape index (κ1) is 15.1. The SMILES string of the molecule is CSCCCNC(=O)N1CCOC(CC(=O)O)C1. The van der Waals surface area contributed by atoms with Crippen LogP contribution in [0.3, 0.4) is 0 Å². The molecule has 0 aromatic carbocycles. The van der Waals surface area contributed by atoms with Crippen molar-refractivity contribution in [1.29, 1.82) is 0 Å². The van der Waals surface area contributed by atoms with Crippen LogP contribution in [-0.4, -0.2) is 66.4 Å². The van der Waals surface area contributed by atoms with Gasteiger partial charge in [0, 0.05) is 19.6 Å². The van der Waals surface area contributed by atoms with E-state index in [2.05, 4.69) is 5.32 Å². The van der Waals surface area contributed by atoms with Gasteiger partial charge in [-0.2, -0.15) is 11.8 Å². The average Bonchev–Trinajstić information content (AvgIpc) is 2.34. The van der Waals surface area contributed by atoms with Crippen molar-refractivity contribution in [2.45, 2.75) is 18.9 Å². The summed E-state index contributed by atoms with van der Waals surface area (Å²) in [5.41, 5.74) is 0. The molecule has 0 aromatic heterocycles. The van der Waals surface area contributed by atoms with Gasteiger partial charge in [0.2, 0.25) is 0 Å². The fourth-order valence-corrected chi connectivity index (χ4v) is 2.18. The predicted octanol–water partition coefficient (Wildman–Crippen LogP) is 0.625. The summed E-state index contributed by atoms with van der Waals surface area (Å²) in [6, 6.07) is -0.130. The van der Waals surface area contributed by atoms with Crippen LogP contribution in [0.5, 0.6) is 0 Å². The Hall–Kier alpha value is -0.950. The summed E-state index contributed by atoms with van der Waals surface area (Å²) >= 11 is 1.75. The van der Waals surface area contributed by atoms with E-state index in [0.717, 1.165) is 12.2 Å². The fraction of sp³-hybridized carbons (Fsp3) is 0.818. The number of carboxylic acids is 1. The number of nitrogens with one attached hydrogen (secondary N) is 1. The van der Waals surface area contributed by atoms with E-state index in [-0.39, 0.29) is 12.5 Å². The number of morpholine rings is 1. The van der Waals surface area contributed by atoms with Crippen molar-refractivity contribution in [1.82, 2.24) is 10.2 Å². The molecule has 1 aliphatic rings. The molecule has 1 rings (SSSR count). The molecule has 1 unspecified atom stereocenters. The van der Waals surface area contributed by atoms with Gasteiger partial charge in [0.05, 0.1) is 19.1 Å². The van der Waals surface area contributed by atoms with Crippen LogP contribution in [0.25, 0.3) is 0 Å². The molecule has 0 aromatic rings. The number of carboxylic acid groups (broad SMARTS) is 1. The molecule has 0 spiro atoms. The van der Waals surface area contributed by atoms with Gasteiger partial charge >= 0.3 is 12.0 Å². The van der Waals surface area contributed by atoms with Crippen molar-refractivity contribution in [2.24, 2.45) is 0 Å². The number of nitrogens with zero attached hydrogens (tertiary/aromatic N) is 1. The second kappa shape index (κ2) is 8.20. The van der Waals surface area contributed by atoms with E-state index in [1.807, 2.05) is 6.26 Å². The highest BCUT2D eigenvalue weighted by Crippen LogP contribution is 2.08. The first-order valence-electron chi connectivity index (χ1n) is 5.98. The Balaban J connectivity index is 2.27. The standard InChI is InChI=1S/C11H20N2O4S/c1-18-6-2-3-12-11(16)13-4-5-17-9(8-13)7-10(14)15/h9H,2-8H2,1H3,(H,12,16)(H,14,15). The van der Waals surface area contributed by atoms with Gasteiger partial charge in [0.1, 0.15) is 0 Å². The van der Waals surface area contributed by atoms with Crippen molar-refractivity contribution < 1.29 is 19.4 Å². The molecule has 2 N–H and O–H groups in total. The number of rotatable bonds is 6. The summed E-state index contributed by atoms with van der Waals surface area (Å²) in [5.74, 6) is 0.118. The molecule has 1 aliphatic heterocycles. The number of carbonyl (C=O) groups excluding carboxylic acids is 1. The molecule has 6 nitrogen and oxygen atoms in total. The minimum Gasteiger partial charge on any atom is -0.481 e. The molecule has 1 atom stereocenters. The van der Waals surface area contributed by atoms with Gasteiger partial charge in [-0.05, 0) is 18.4 Å². The molecule has 7 heteroatoms. The molecular weight excluding hydrogens is 256 g/mol. The highest BCUT2D eigenvalue weighted by Gasteiger charge is 2.25. The molecule has 0 saturated carbocycles. The Morgan fingerprint density at radius 1 is 1.56 bits per heavy atom. The van der Waals surface area contributed by atoms with Gasteiger partial charge in [0.15, 0.2) is 0 Å². The fourth-order valence-electron chi connectivity index (χ4n) is 1.75. The van der Waals surface area contributed by atoms with Crippen LogP contribution in [0, 0.1) is 0 Å². The molecule has 1 saturated heterocycles. The van der Waals surface area contributed by atoms with Crippen LogP contribution < -0.4 is 5.32 Å². The molecular formula is C11H20N2O4S. The number of hydrogen-bond donors (Lipinski definition) is 2. The number of carbonyl (C=O) groups is 2. The third-order valence-corrected chi connectivity index (χ3v) is 3.33. The minimum absolute atomic E-state index is 0.0593. The highest BCUT2D eigenvalue weighted by atomic mass is 32.2. The van der Waals surface area contributed by atoms with Gasteiger partial charge in [-0.1, -0.05) is 0 Å². The lowest BCUT2D eigenvalue weighted by Gasteiger charge is -2.32. The summed E-state index contributed by atoms with van der Waals surface area (Å²) in [4.78, 5) is 24.0. The van der Waals surface area contributed by atoms with Gasteiger partial charge in [-0.3, -0.25) is 4.79 Å². The first-order chi connectivity index (χ1) is 8.63. The maximum Gasteiger partial charge on any atom is 0.317 e. The van der Waals surface area contributed by atoms with E-state index in [1.165, 1.54) is 0 Å². The van der Waals surface area contributed by atoms with Gasteiger partial charge in [-0.25, -0.2) is 4.79 Å². The van der Waals surface area contributed by atoms with E-state index in [0.29, 0.717) is 26.2 Å². The average molecular weight is 276 g/mol. The number of hydrogen-bond acceptors (Lipinski definition) is 4. The smallest absolute Gasteiger partial charge is 0.317 e. The largest absolute Gasteiger partial charge is 0.481 e. The van der Waals surface area contributed by atoms with E-state index in [4.69, 9.17) is 9.84 Å². The lowest BCUT2D eigenvalue weighted by molar-refractivity contribution is -0.141. The van der Waals surface area contributed by atoms with Crippen LogP contribution in [0.1, 0.15) is 12.8 Å². The number of ether oxygens (including phenoxy) is 1. The van der Waals surface area contributed by atoms with Crippen molar-refractivity contribution in [3.8, 4) is 0 Å². The van der Waals surface area contributed by atoms with E-state index in [9.17, 15) is 9.59 Å². The van der Waals surface area contributed by atoms with Gasteiger partial charge < -0.3 is 20.1 Å². The molecule has 0 bridgehead atoms. The normalized spacial score (nSPS) is 19.6. The molecule has 0 aliphatic carbocycles.